The van der Waals surface area contributed by atoms with Gasteiger partial charge in [-0.3, -0.25) is 9.48 Å². The highest BCUT2D eigenvalue weighted by atomic mass is 16.1. The average Bonchev–Trinajstić information content (AvgIpc) is 2.97. The molecule has 3 rings (SSSR count). The molecule has 6 nitrogen and oxygen atoms in total. The van der Waals surface area contributed by atoms with Crippen LogP contribution in [0.1, 0.15) is 47.1 Å². The van der Waals surface area contributed by atoms with Crippen LogP contribution in [-0.2, 0) is 13.6 Å². The third kappa shape index (κ3) is 2.84. The monoisotopic (exact) mass is 287 g/mol. The fraction of sp³-hybridized carbons (Fsp3) is 0.533. The number of carbonyl (C=O) groups is 1. The maximum Gasteiger partial charge on any atom is 0.254 e. The number of amides is 1. The molecule has 1 amide bonds. The highest BCUT2D eigenvalue weighted by Crippen LogP contribution is 2.35. The molecule has 0 radical (unpaired) electrons. The van der Waals surface area contributed by atoms with Crippen LogP contribution in [0.25, 0.3) is 0 Å². The van der Waals surface area contributed by atoms with Crippen LogP contribution >= 0.6 is 0 Å². The summed E-state index contributed by atoms with van der Waals surface area (Å²) in [4.78, 5) is 16.5. The van der Waals surface area contributed by atoms with Gasteiger partial charge in [0.05, 0.1) is 11.8 Å². The number of hydrogen-bond acceptors (Lipinski definition) is 3. The minimum Gasteiger partial charge on any atom is -0.350 e. The molecule has 0 bridgehead atoms. The Kier molecular flexibility index (Phi) is 3.77. The van der Waals surface area contributed by atoms with Crippen LogP contribution in [0.2, 0.25) is 0 Å². The Bertz CT molecular complexity index is 638. The van der Waals surface area contributed by atoms with Crippen molar-refractivity contribution >= 4 is 5.91 Å². The summed E-state index contributed by atoms with van der Waals surface area (Å²) >= 11 is 0. The molecule has 0 aliphatic heterocycles. The number of carbonyl (C=O) groups excluding carboxylic acids is 1. The number of aromatic nitrogens is 4. The van der Waals surface area contributed by atoms with E-state index in [4.69, 9.17) is 0 Å². The molecule has 0 spiro atoms. The molecule has 1 saturated carbocycles. The molecule has 1 aliphatic rings. The number of nitrogens with one attached hydrogen (secondary N) is 1. The molecule has 0 saturated heterocycles. The first-order chi connectivity index (χ1) is 10.1. The summed E-state index contributed by atoms with van der Waals surface area (Å²) in [6, 6.07) is 0. The van der Waals surface area contributed by atoms with E-state index in [0.717, 1.165) is 12.2 Å². The first-order valence-electron chi connectivity index (χ1n) is 7.44. The molecular weight excluding hydrogens is 266 g/mol. The lowest BCUT2D eigenvalue weighted by Crippen LogP contribution is -2.28. The van der Waals surface area contributed by atoms with E-state index in [9.17, 15) is 4.79 Å². The summed E-state index contributed by atoms with van der Waals surface area (Å²) in [6.45, 7) is 3.44. The molecule has 1 fully saturated rings. The van der Waals surface area contributed by atoms with Gasteiger partial charge in [-0.2, -0.15) is 5.10 Å². The quantitative estimate of drug-likeness (QED) is 0.909. The number of nitrogens with zero attached hydrogens (tertiary/aromatic N) is 4. The average molecular weight is 287 g/mol. The van der Waals surface area contributed by atoms with Crippen molar-refractivity contribution in [2.45, 2.75) is 38.6 Å². The highest BCUT2D eigenvalue weighted by molar-refractivity contribution is 5.93. The van der Waals surface area contributed by atoms with Crippen molar-refractivity contribution in [2.75, 3.05) is 6.54 Å². The Hall–Kier alpha value is -2.11. The number of hydrogen-bond donors (Lipinski definition) is 1. The fourth-order valence-electron chi connectivity index (χ4n) is 2.68. The van der Waals surface area contributed by atoms with Crippen molar-refractivity contribution in [3.63, 3.8) is 0 Å². The van der Waals surface area contributed by atoms with Crippen LogP contribution in [0.4, 0.5) is 0 Å². The number of aryl methyl sites for hydroxylation is 2. The van der Waals surface area contributed by atoms with Crippen molar-refractivity contribution in [3.8, 4) is 0 Å². The molecule has 0 aromatic carbocycles. The Morgan fingerprint density at radius 3 is 2.86 bits per heavy atom. The van der Waals surface area contributed by atoms with E-state index in [2.05, 4.69) is 26.9 Å². The summed E-state index contributed by atoms with van der Waals surface area (Å²) in [5.41, 5.74) is 1.76. The van der Waals surface area contributed by atoms with Crippen molar-refractivity contribution in [2.24, 2.45) is 7.05 Å². The molecular formula is C15H21N5O. The van der Waals surface area contributed by atoms with E-state index >= 15 is 0 Å². The van der Waals surface area contributed by atoms with Crippen LogP contribution < -0.4 is 5.32 Å². The third-order valence-corrected chi connectivity index (χ3v) is 4.14. The second-order valence-corrected chi connectivity index (χ2v) is 5.70. The molecule has 0 atom stereocenters. The van der Waals surface area contributed by atoms with Crippen molar-refractivity contribution < 1.29 is 4.79 Å². The van der Waals surface area contributed by atoms with Gasteiger partial charge in [0.2, 0.25) is 0 Å². The maximum atomic E-state index is 12.0. The smallest absolute Gasteiger partial charge is 0.254 e. The first kappa shape index (κ1) is 13.9. The van der Waals surface area contributed by atoms with Crippen molar-refractivity contribution in [3.05, 3.63) is 35.7 Å². The molecule has 2 aromatic rings. The van der Waals surface area contributed by atoms with Gasteiger partial charge in [0.15, 0.2) is 0 Å². The Morgan fingerprint density at radius 1 is 1.43 bits per heavy atom. The van der Waals surface area contributed by atoms with Gasteiger partial charge in [-0.05, 0) is 19.8 Å². The van der Waals surface area contributed by atoms with Crippen LogP contribution in [-0.4, -0.2) is 31.8 Å². The molecule has 112 valence electrons. The maximum absolute atomic E-state index is 12.0. The van der Waals surface area contributed by atoms with Gasteiger partial charge in [-0.15, -0.1) is 0 Å². The fourth-order valence-corrected chi connectivity index (χ4v) is 2.68. The van der Waals surface area contributed by atoms with Crippen molar-refractivity contribution in [1.82, 2.24) is 24.6 Å². The van der Waals surface area contributed by atoms with Crippen LogP contribution in [0, 0.1) is 6.92 Å². The SMILES string of the molecule is Cc1cnc(C2CCC2)n1CCNC(=O)c1cnn(C)c1. The lowest BCUT2D eigenvalue weighted by molar-refractivity contribution is 0.0952. The predicted octanol–water partition coefficient (Wildman–Crippen LogP) is 1.62. The van der Waals surface area contributed by atoms with Gasteiger partial charge in [-0.25, -0.2) is 4.98 Å². The summed E-state index contributed by atoms with van der Waals surface area (Å²) in [5.74, 6) is 1.70. The second kappa shape index (κ2) is 5.71. The van der Waals surface area contributed by atoms with Crippen LogP contribution in [0.5, 0.6) is 0 Å². The Labute approximate surface area is 124 Å². The van der Waals surface area contributed by atoms with E-state index in [0.29, 0.717) is 18.0 Å². The van der Waals surface area contributed by atoms with Gasteiger partial charge in [0.25, 0.3) is 5.91 Å². The van der Waals surface area contributed by atoms with Gasteiger partial charge in [0.1, 0.15) is 5.82 Å². The lowest BCUT2D eigenvalue weighted by atomic mass is 9.85. The van der Waals surface area contributed by atoms with Gasteiger partial charge in [0, 0.05) is 44.1 Å². The molecule has 1 aliphatic carbocycles. The van der Waals surface area contributed by atoms with E-state index in [-0.39, 0.29) is 5.91 Å². The molecule has 1 N–H and O–H groups in total. The minimum absolute atomic E-state index is 0.0777. The largest absolute Gasteiger partial charge is 0.350 e. The van der Waals surface area contributed by atoms with Crippen LogP contribution in [0.15, 0.2) is 18.6 Å². The summed E-state index contributed by atoms with van der Waals surface area (Å²) in [5, 5.41) is 6.95. The lowest BCUT2D eigenvalue weighted by Gasteiger charge is -2.26. The summed E-state index contributed by atoms with van der Waals surface area (Å²) in [6.07, 6.45) is 9.00. The predicted molar refractivity (Wildman–Crippen MR) is 79.1 cm³/mol. The van der Waals surface area contributed by atoms with Crippen LogP contribution in [0.3, 0.4) is 0 Å². The molecule has 2 aromatic heterocycles. The zero-order valence-corrected chi connectivity index (χ0v) is 12.5. The molecule has 6 heteroatoms. The first-order valence-corrected chi connectivity index (χ1v) is 7.44. The summed E-state index contributed by atoms with van der Waals surface area (Å²) in [7, 11) is 1.80. The molecule has 21 heavy (non-hydrogen) atoms. The van der Waals surface area contributed by atoms with Crippen molar-refractivity contribution in [1.29, 1.82) is 0 Å². The van der Waals surface area contributed by atoms with E-state index in [1.54, 1.807) is 24.1 Å². The molecule has 0 unspecified atom stereocenters. The third-order valence-electron chi connectivity index (χ3n) is 4.14. The number of rotatable bonds is 5. The van der Waals surface area contributed by atoms with E-state index in [1.165, 1.54) is 25.1 Å². The second-order valence-electron chi connectivity index (χ2n) is 5.70. The zero-order valence-electron chi connectivity index (χ0n) is 12.5. The topological polar surface area (TPSA) is 64.7 Å². The number of imidazole rings is 1. The Morgan fingerprint density at radius 2 is 2.24 bits per heavy atom. The van der Waals surface area contributed by atoms with E-state index < -0.39 is 0 Å². The summed E-state index contributed by atoms with van der Waals surface area (Å²) < 4.78 is 3.86. The standard InChI is InChI=1S/C15H21N5O/c1-11-8-17-14(12-4-3-5-12)20(11)7-6-16-15(21)13-9-18-19(2)10-13/h8-10,12H,3-7H2,1-2H3,(H,16,21). The highest BCUT2D eigenvalue weighted by Gasteiger charge is 2.24. The van der Waals surface area contributed by atoms with Gasteiger partial charge < -0.3 is 9.88 Å². The Balaban J connectivity index is 1.58. The molecule has 2 heterocycles. The normalized spacial score (nSPS) is 15.0. The van der Waals surface area contributed by atoms with E-state index in [1.807, 2.05) is 6.20 Å². The van der Waals surface area contributed by atoms with Gasteiger partial charge >= 0.3 is 0 Å². The zero-order chi connectivity index (χ0) is 14.8. The minimum atomic E-state index is -0.0777. The van der Waals surface area contributed by atoms with Gasteiger partial charge in [-0.1, -0.05) is 6.42 Å².